The molecule has 3 aliphatic rings. The topological polar surface area (TPSA) is 92.8 Å². The zero-order valence-electron chi connectivity index (χ0n) is 17.1. The number of amides is 2. The second-order valence-corrected chi connectivity index (χ2v) is 8.61. The number of aliphatic hydroxyl groups is 1. The van der Waals surface area contributed by atoms with Gasteiger partial charge in [-0.2, -0.15) is 0 Å². The minimum atomic E-state index is -0.477. The first-order valence-electron chi connectivity index (χ1n) is 10.6. The molecule has 29 heavy (non-hydrogen) atoms. The van der Waals surface area contributed by atoms with Crippen LogP contribution in [0.25, 0.3) is 0 Å². The summed E-state index contributed by atoms with van der Waals surface area (Å²) in [6.45, 7) is 4.72. The highest BCUT2D eigenvalue weighted by Gasteiger charge is 2.41. The predicted octanol–water partition coefficient (Wildman–Crippen LogP) is 1.06. The van der Waals surface area contributed by atoms with Gasteiger partial charge in [0.1, 0.15) is 11.9 Å². The Labute approximate surface area is 171 Å². The summed E-state index contributed by atoms with van der Waals surface area (Å²) < 4.78 is 6.34. The molecule has 0 radical (unpaired) electrons. The van der Waals surface area contributed by atoms with E-state index >= 15 is 0 Å². The van der Waals surface area contributed by atoms with Crippen LogP contribution < -0.4 is 15.0 Å². The zero-order valence-corrected chi connectivity index (χ0v) is 17.1. The normalized spacial score (nSPS) is 27.2. The van der Waals surface area contributed by atoms with E-state index in [0.29, 0.717) is 37.0 Å². The molecule has 0 spiro atoms. The smallest absolute Gasteiger partial charge is 0.388 e. The van der Waals surface area contributed by atoms with Crippen molar-refractivity contribution in [2.45, 2.75) is 83.1 Å². The lowest BCUT2D eigenvalue weighted by atomic mass is 9.92. The number of nitrogens with zero attached hydrogens (tertiary/aromatic N) is 1. The Morgan fingerprint density at radius 3 is 2.76 bits per heavy atom. The molecule has 7 heteroatoms. The van der Waals surface area contributed by atoms with Crippen molar-refractivity contribution >= 4 is 17.7 Å². The molecule has 3 N–H and O–H groups in total. The van der Waals surface area contributed by atoms with Crippen LogP contribution in [0, 0.1) is 0 Å². The number of carbonyl (C=O) groups excluding carboxylic acids is 2. The fraction of sp³-hybridized carbons (Fsp3) is 0.591. The first kappa shape index (κ1) is 19.9. The highest BCUT2D eigenvalue weighted by atomic mass is 16.5. The van der Waals surface area contributed by atoms with Gasteiger partial charge in [0.05, 0.1) is 6.42 Å². The van der Waals surface area contributed by atoms with E-state index in [1.165, 1.54) is 12.8 Å². The van der Waals surface area contributed by atoms with Crippen LogP contribution in [0.4, 0.5) is 0 Å². The van der Waals surface area contributed by atoms with E-state index in [2.05, 4.69) is 24.2 Å². The van der Waals surface area contributed by atoms with Gasteiger partial charge in [0, 0.05) is 24.2 Å². The van der Waals surface area contributed by atoms with Gasteiger partial charge in [-0.15, -0.1) is 4.99 Å². The van der Waals surface area contributed by atoms with Crippen molar-refractivity contribution in [3.05, 3.63) is 29.3 Å². The molecular formula is C22H30N3O4+. The second kappa shape index (κ2) is 8.14. The maximum atomic E-state index is 12.8. The lowest BCUT2D eigenvalue weighted by Crippen LogP contribution is -2.82. The molecule has 1 unspecified atom stereocenters. The number of hydrogen-bond donors (Lipinski definition) is 3. The Kier molecular flexibility index (Phi) is 5.58. The number of nitrogens with one attached hydrogen (secondary N) is 2. The Balaban J connectivity index is 1.49. The van der Waals surface area contributed by atoms with Gasteiger partial charge in [-0.25, -0.2) is 4.79 Å². The summed E-state index contributed by atoms with van der Waals surface area (Å²) >= 11 is 0. The van der Waals surface area contributed by atoms with Gasteiger partial charge < -0.3 is 20.1 Å². The fourth-order valence-electron chi connectivity index (χ4n) is 4.67. The third-order valence-corrected chi connectivity index (χ3v) is 6.05. The molecule has 2 amide bonds. The van der Waals surface area contributed by atoms with Crippen LogP contribution in [-0.2, 0) is 11.3 Å². The monoisotopic (exact) mass is 400 g/mol. The average Bonchev–Trinajstić information content (AvgIpc) is 2.99. The van der Waals surface area contributed by atoms with Crippen molar-refractivity contribution in [1.82, 2.24) is 10.2 Å². The number of hydrogen-bond acceptors (Lipinski definition) is 4. The van der Waals surface area contributed by atoms with Crippen LogP contribution >= 0.6 is 0 Å². The molecule has 1 saturated carbocycles. The van der Waals surface area contributed by atoms with E-state index in [9.17, 15) is 14.7 Å². The molecule has 2 aliphatic heterocycles. The van der Waals surface area contributed by atoms with Gasteiger partial charge in [0.2, 0.25) is 0 Å². The quantitative estimate of drug-likeness (QED) is 0.687. The largest absolute Gasteiger partial charge is 0.489 e. The SMILES string of the molecule is CC(C)N[C@H]1CCCC[C@@H]1Oc1ccc2c(c1)CN(C1CCC(=O)[NH+]=C1O)C2=O. The third-order valence-electron chi connectivity index (χ3n) is 6.05. The summed E-state index contributed by atoms with van der Waals surface area (Å²) in [5.41, 5.74) is 1.55. The summed E-state index contributed by atoms with van der Waals surface area (Å²) in [5.74, 6) is 0.321. The zero-order chi connectivity index (χ0) is 20.5. The van der Waals surface area contributed by atoms with Gasteiger partial charge in [0.25, 0.3) is 5.91 Å². The number of benzene rings is 1. The van der Waals surface area contributed by atoms with Crippen LogP contribution in [0.2, 0.25) is 0 Å². The van der Waals surface area contributed by atoms with Gasteiger partial charge in [-0.3, -0.25) is 4.79 Å². The van der Waals surface area contributed by atoms with Gasteiger partial charge in [-0.1, -0.05) is 20.3 Å². The minimum absolute atomic E-state index is 0.115. The van der Waals surface area contributed by atoms with Crippen LogP contribution in [0.15, 0.2) is 18.2 Å². The van der Waals surface area contributed by atoms with Crippen LogP contribution in [0.5, 0.6) is 5.75 Å². The van der Waals surface area contributed by atoms with Crippen LogP contribution in [0.3, 0.4) is 0 Å². The molecule has 3 atom stereocenters. The summed E-state index contributed by atoms with van der Waals surface area (Å²) in [4.78, 5) is 28.4. The summed E-state index contributed by atoms with van der Waals surface area (Å²) in [5, 5.41) is 13.7. The second-order valence-electron chi connectivity index (χ2n) is 8.61. The van der Waals surface area contributed by atoms with Crippen molar-refractivity contribution in [2.24, 2.45) is 0 Å². The Bertz CT molecular complexity index is 835. The molecule has 2 heterocycles. The number of aliphatic hydroxyl groups excluding tert-OH is 1. The Morgan fingerprint density at radius 2 is 2.00 bits per heavy atom. The molecule has 1 aliphatic carbocycles. The number of fused-ring (bicyclic) bond motifs is 1. The van der Waals surface area contributed by atoms with E-state index < -0.39 is 6.04 Å². The summed E-state index contributed by atoms with van der Waals surface area (Å²) in [7, 11) is 0. The van der Waals surface area contributed by atoms with Gasteiger partial charge in [-0.05, 0) is 49.4 Å². The lowest BCUT2D eigenvalue weighted by molar-refractivity contribution is -0.394. The molecule has 4 rings (SSSR count). The van der Waals surface area contributed by atoms with Crippen molar-refractivity contribution in [1.29, 1.82) is 0 Å². The summed E-state index contributed by atoms with van der Waals surface area (Å²) in [6, 6.07) is 5.91. The Hall–Kier alpha value is -2.41. The molecule has 156 valence electrons. The molecule has 7 nitrogen and oxygen atoms in total. The number of rotatable bonds is 5. The molecule has 0 aromatic heterocycles. The van der Waals surface area contributed by atoms with Gasteiger partial charge >= 0.3 is 11.8 Å². The Morgan fingerprint density at radius 1 is 1.21 bits per heavy atom. The average molecular weight is 400 g/mol. The van der Waals surface area contributed by atoms with Crippen molar-refractivity contribution in [3.8, 4) is 5.75 Å². The third kappa shape index (κ3) is 4.15. The fourth-order valence-corrected chi connectivity index (χ4v) is 4.67. The van der Waals surface area contributed by atoms with E-state index in [4.69, 9.17) is 4.74 Å². The van der Waals surface area contributed by atoms with Crippen molar-refractivity contribution in [3.63, 3.8) is 0 Å². The predicted molar refractivity (Wildman–Crippen MR) is 108 cm³/mol. The van der Waals surface area contributed by atoms with Crippen molar-refractivity contribution < 1.29 is 24.4 Å². The van der Waals surface area contributed by atoms with Crippen LogP contribution in [-0.4, -0.2) is 51.9 Å². The summed E-state index contributed by atoms with van der Waals surface area (Å²) in [6.07, 6.45) is 5.39. The molecule has 0 saturated heterocycles. The molecular weight excluding hydrogens is 370 g/mol. The number of carbonyl (C=O) groups is 2. The first-order valence-corrected chi connectivity index (χ1v) is 10.6. The maximum absolute atomic E-state index is 12.8. The van der Waals surface area contributed by atoms with E-state index in [0.717, 1.165) is 24.2 Å². The van der Waals surface area contributed by atoms with E-state index in [-0.39, 0.29) is 23.8 Å². The highest BCUT2D eigenvalue weighted by Crippen LogP contribution is 2.31. The van der Waals surface area contributed by atoms with E-state index in [1.807, 2.05) is 18.2 Å². The van der Waals surface area contributed by atoms with Crippen molar-refractivity contribution in [2.75, 3.05) is 0 Å². The molecule has 1 aromatic rings. The minimum Gasteiger partial charge on any atom is -0.489 e. The lowest BCUT2D eigenvalue weighted by Gasteiger charge is -2.34. The first-order chi connectivity index (χ1) is 13.9. The van der Waals surface area contributed by atoms with E-state index in [1.54, 1.807) is 4.90 Å². The van der Waals surface area contributed by atoms with Crippen LogP contribution in [0.1, 0.15) is 68.3 Å². The van der Waals surface area contributed by atoms with Gasteiger partial charge in [0.15, 0.2) is 6.04 Å². The molecule has 1 aromatic carbocycles. The molecule has 0 bridgehead atoms. The highest BCUT2D eigenvalue weighted by molar-refractivity contribution is 6.01. The number of ether oxygens (including phenoxy) is 1. The standard InChI is InChI=1S/C22H29N3O4/c1-13(2)23-17-5-3-4-6-19(17)29-15-7-8-16-14(11-15)12-25(22(16)28)18-9-10-20(26)24-21(18)27/h7-8,11,13,17-19,23H,3-6,9-10,12H2,1-2H3,(H,24,26,27)/p+1/t17-,18?,19-/m0/s1. The molecule has 1 fully saturated rings. The maximum Gasteiger partial charge on any atom is 0.388 e.